The van der Waals surface area contributed by atoms with Crippen LogP contribution in [-0.4, -0.2) is 6.66 Å². The number of benzene rings is 2. The van der Waals surface area contributed by atoms with Crippen LogP contribution < -0.4 is 5.30 Å². The van der Waals surface area contributed by atoms with E-state index in [1.165, 1.54) is 5.39 Å². The van der Waals surface area contributed by atoms with Gasteiger partial charge in [-0.3, -0.25) is 4.57 Å². The van der Waals surface area contributed by atoms with E-state index in [2.05, 4.69) is 6.07 Å². The highest BCUT2D eigenvalue weighted by Crippen LogP contribution is 2.18. The Balaban J connectivity index is 2.69. The van der Waals surface area contributed by atoms with Gasteiger partial charge in [0.05, 0.1) is 0 Å². The fourth-order valence-corrected chi connectivity index (χ4v) is 1.98. The topological polar surface area (TPSA) is 17.1 Å². The van der Waals surface area contributed by atoms with Crippen LogP contribution >= 0.6 is 7.80 Å². The van der Waals surface area contributed by atoms with Gasteiger partial charge in [-0.15, -0.1) is 0 Å². The molecule has 0 aliphatic carbocycles. The van der Waals surface area contributed by atoms with Gasteiger partial charge in [-0.05, 0) is 22.9 Å². The molecule has 0 fully saturated rings. The predicted octanol–water partition coefficient (Wildman–Crippen LogP) is 2.92. The maximum Gasteiger partial charge on any atom is 0.101 e. The molecule has 13 heavy (non-hydrogen) atoms. The highest BCUT2D eigenvalue weighted by Gasteiger charge is 1.98. The average Bonchev–Trinajstić information content (AvgIpc) is 2.17. The number of rotatable bonds is 1. The summed E-state index contributed by atoms with van der Waals surface area (Å²) < 4.78 is 11.2. The summed E-state index contributed by atoms with van der Waals surface area (Å²) in [4.78, 5) is 0. The van der Waals surface area contributed by atoms with Crippen LogP contribution in [0.15, 0.2) is 42.5 Å². The Morgan fingerprint density at radius 1 is 1.00 bits per heavy atom. The third-order valence-corrected chi connectivity index (χ3v) is 3.10. The van der Waals surface area contributed by atoms with Gasteiger partial charge in [0, 0.05) is 12.0 Å². The second-order valence-electron chi connectivity index (χ2n) is 3.03. The maximum absolute atomic E-state index is 11.2. The lowest BCUT2D eigenvalue weighted by molar-refractivity contribution is 0.596. The Bertz CT molecular complexity index is 462. The first kappa shape index (κ1) is 8.40. The molecule has 0 amide bonds. The van der Waals surface area contributed by atoms with E-state index in [1.54, 1.807) is 6.66 Å². The van der Waals surface area contributed by atoms with Gasteiger partial charge in [-0.2, -0.15) is 0 Å². The first-order valence-corrected chi connectivity index (χ1v) is 5.88. The summed E-state index contributed by atoms with van der Waals surface area (Å²) in [6.07, 6.45) is 0. The molecule has 0 saturated heterocycles. The van der Waals surface area contributed by atoms with Gasteiger partial charge in [0.2, 0.25) is 0 Å². The third-order valence-electron chi connectivity index (χ3n) is 2.10. The molecule has 1 nitrogen and oxygen atoms in total. The lowest BCUT2D eigenvalue weighted by Crippen LogP contribution is -1.93. The Morgan fingerprint density at radius 3 is 2.38 bits per heavy atom. The van der Waals surface area contributed by atoms with Crippen molar-refractivity contribution in [3.8, 4) is 0 Å². The zero-order chi connectivity index (χ0) is 9.26. The quantitative estimate of drug-likeness (QED) is 0.630. The number of hydrogen-bond donors (Lipinski definition) is 0. The molecule has 0 aliphatic rings. The van der Waals surface area contributed by atoms with Gasteiger partial charge < -0.3 is 0 Å². The second-order valence-corrected chi connectivity index (χ2v) is 4.54. The standard InChI is InChI=1S/C11H10OP/c1-13(12)11-7-6-9-4-2-3-5-10(9)8-11/h2-8H,1H3. The highest BCUT2D eigenvalue weighted by atomic mass is 31.1. The summed E-state index contributed by atoms with van der Waals surface area (Å²) in [5, 5.41) is 3.28. The molecule has 1 unspecified atom stereocenters. The molecule has 0 saturated carbocycles. The van der Waals surface area contributed by atoms with Crippen LogP contribution in [0.3, 0.4) is 0 Å². The molecule has 0 N–H and O–H groups in total. The van der Waals surface area contributed by atoms with E-state index < -0.39 is 7.80 Å². The van der Waals surface area contributed by atoms with Crippen molar-refractivity contribution < 1.29 is 4.57 Å². The van der Waals surface area contributed by atoms with Gasteiger partial charge in [0.25, 0.3) is 0 Å². The first-order valence-electron chi connectivity index (χ1n) is 4.17. The molecular weight excluding hydrogens is 179 g/mol. The first-order chi connectivity index (χ1) is 6.27. The van der Waals surface area contributed by atoms with Crippen LogP contribution in [0.5, 0.6) is 0 Å². The van der Waals surface area contributed by atoms with E-state index in [0.29, 0.717) is 0 Å². The molecule has 65 valence electrons. The van der Waals surface area contributed by atoms with Crippen LogP contribution in [0.25, 0.3) is 10.8 Å². The van der Waals surface area contributed by atoms with E-state index in [-0.39, 0.29) is 0 Å². The van der Waals surface area contributed by atoms with Crippen molar-refractivity contribution in [2.45, 2.75) is 0 Å². The largest absolute Gasteiger partial charge is 0.282 e. The van der Waals surface area contributed by atoms with Crippen molar-refractivity contribution >= 4 is 23.9 Å². The Hall–Kier alpha value is -1.20. The summed E-state index contributed by atoms with van der Waals surface area (Å²) in [5.74, 6) is 0. The lowest BCUT2D eigenvalue weighted by Gasteiger charge is -1.99. The molecule has 2 heteroatoms. The fraction of sp³-hybridized carbons (Fsp3) is 0.0909. The van der Waals surface area contributed by atoms with E-state index >= 15 is 0 Å². The fourth-order valence-electron chi connectivity index (χ4n) is 1.37. The van der Waals surface area contributed by atoms with Crippen LogP contribution in [0.2, 0.25) is 0 Å². The van der Waals surface area contributed by atoms with E-state index in [9.17, 15) is 4.57 Å². The second kappa shape index (κ2) is 3.27. The predicted molar refractivity (Wildman–Crippen MR) is 57.1 cm³/mol. The van der Waals surface area contributed by atoms with Crippen LogP contribution in [-0.2, 0) is 4.57 Å². The van der Waals surface area contributed by atoms with Crippen LogP contribution in [0.1, 0.15) is 0 Å². The van der Waals surface area contributed by atoms with Crippen molar-refractivity contribution in [3.05, 3.63) is 42.5 Å². The molecule has 0 aliphatic heterocycles. The van der Waals surface area contributed by atoms with E-state index in [1.807, 2.05) is 36.4 Å². The zero-order valence-electron chi connectivity index (χ0n) is 7.40. The van der Waals surface area contributed by atoms with Crippen molar-refractivity contribution in [2.24, 2.45) is 0 Å². The summed E-state index contributed by atoms with van der Waals surface area (Å²) in [6.45, 7) is 1.74. The van der Waals surface area contributed by atoms with Crippen LogP contribution in [0, 0.1) is 0 Å². The van der Waals surface area contributed by atoms with Gasteiger partial charge in [-0.25, -0.2) is 0 Å². The van der Waals surface area contributed by atoms with E-state index in [4.69, 9.17) is 0 Å². The molecule has 0 spiro atoms. The Kier molecular flexibility index (Phi) is 2.12. The smallest absolute Gasteiger partial charge is 0.101 e. The van der Waals surface area contributed by atoms with Crippen molar-refractivity contribution in [2.75, 3.05) is 6.66 Å². The minimum atomic E-state index is -1.22. The zero-order valence-corrected chi connectivity index (χ0v) is 8.29. The molecule has 0 heterocycles. The minimum Gasteiger partial charge on any atom is -0.282 e. The maximum atomic E-state index is 11.2. The Labute approximate surface area is 78.2 Å². The van der Waals surface area contributed by atoms with Gasteiger partial charge in [0.15, 0.2) is 0 Å². The summed E-state index contributed by atoms with van der Waals surface area (Å²) >= 11 is 0. The lowest BCUT2D eigenvalue weighted by atomic mass is 10.1. The molecule has 1 atom stereocenters. The monoisotopic (exact) mass is 189 g/mol. The van der Waals surface area contributed by atoms with Crippen molar-refractivity contribution in [1.29, 1.82) is 0 Å². The minimum absolute atomic E-state index is 0.925. The summed E-state index contributed by atoms with van der Waals surface area (Å²) in [5.41, 5.74) is 0. The van der Waals surface area contributed by atoms with Gasteiger partial charge >= 0.3 is 0 Å². The molecule has 0 bridgehead atoms. The highest BCUT2D eigenvalue weighted by molar-refractivity contribution is 7.52. The summed E-state index contributed by atoms with van der Waals surface area (Å²) in [6, 6.07) is 14.0. The van der Waals surface area contributed by atoms with Gasteiger partial charge in [0.1, 0.15) is 7.80 Å². The molecule has 0 aromatic heterocycles. The molecular formula is C11H10OP. The van der Waals surface area contributed by atoms with Crippen LogP contribution in [0.4, 0.5) is 0 Å². The van der Waals surface area contributed by atoms with E-state index in [0.717, 1.165) is 10.7 Å². The molecule has 2 rings (SSSR count). The number of fused-ring (bicyclic) bond motifs is 1. The molecule has 2 aromatic carbocycles. The Morgan fingerprint density at radius 2 is 1.69 bits per heavy atom. The molecule has 2 aromatic rings. The summed E-state index contributed by atoms with van der Waals surface area (Å²) in [7, 11) is -1.22. The normalized spacial score (nSPS) is 11.6. The van der Waals surface area contributed by atoms with Crippen molar-refractivity contribution in [1.82, 2.24) is 0 Å². The number of hydrogen-bond acceptors (Lipinski definition) is 1. The SMILES string of the molecule is C[P](=O)c1ccc2ccccc2c1. The molecule has 1 radical (unpaired) electrons. The average molecular weight is 189 g/mol. The van der Waals surface area contributed by atoms with Gasteiger partial charge in [-0.1, -0.05) is 30.3 Å². The van der Waals surface area contributed by atoms with Crippen molar-refractivity contribution in [3.63, 3.8) is 0 Å². The third kappa shape index (κ3) is 1.61.